The average molecular weight is 242 g/mol. The number of hydrogen-bond donors (Lipinski definition) is 1. The lowest BCUT2D eigenvalue weighted by atomic mass is 9.75. The van der Waals surface area contributed by atoms with E-state index in [1.54, 1.807) is 0 Å². The van der Waals surface area contributed by atoms with Crippen molar-refractivity contribution in [2.75, 3.05) is 26.2 Å². The molecule has 3 nitrogen and oxygen atoms in total. The van der Waals surface area contributed by atoms with Crippen molar-refractivity contribution in [2.24, 2.45) is 11.1 Å². The molecule has 0 aromatic heterocycles. The number of likely N-dealkylation sites (N-methyl/N-ethyl adjacent to an activating group) is 1. The van der Waals surface area contributed by atoms with E-state index < -0.39 is 0 Å². The Morgan fingerprint density at radius 1 is 1.29 bits per heavy atom. The summed E-state index contributed by atoms with van der Waals surface area (Å²) in [5.41, 5.74) is 6.22. The summed E-state index contributed by atoms with van der Waals surface area (Å²) < 4.78 is 5.71. The summed E-state index contributed by atoms with van der Waals surface area (Å²) in [5.74, 6) is 0. The summed E-state index contributed by atoms with van der Waals surface area (Å²) in [4.78, 5) is 2.48. The molecule has 0 radical (unpaired) electrons. The van der Waals surface area contributed by atoms with Crippen LogP contribution in [0.5, 0.6) is 0 Å². The molecule has 1 atom stereocenters. The summed E-state index contributed by atoms with van der Waals surface area (Å²) >= 11 is 0. The lowest BCUT2D eigenvalue weighted by Crippen LogP contribution is -2.53. The van der Waals surface area contributed by atoms with Gasteiger partial charge in [-0.05, 0) is 38.6 Å². The van der Waals surface area contributed by atoms with Gasteiger partial charge in [-0.25, -0.2) is 0 Å². The predicted octanol–water partition coefficient (Wildman–Crippen LogP) is 2.25. The second-order valence-electron chi connectivity index (χ2n) is 6.57. The quantitative estimate of drug-likeness (QED) is 0.776. The first-order chi connectivity index (χ1) is 7.76. The largest absolute Gasteiger partial charge is 0.377 e. The molecule has 1 aliphatic rings. The Bertz CT molecular complexity index is 227. The number of hydrogen-bond acceptors (Lipinski definition) is 3. The SMILES string of the molecule is CCN(CC1CCCO1)CC(C)(C)C(C)(C)N. The zero-order valence-corrected chi connectivity index (χ0v) is 12.3. The standard InChI is InChI=1S/C14H30N2O/c1-6-16(10-12-8-7-9-17-12)11-13(2,3)14(4,5)15/h12H,6-11,15H2,1-5H3. The second kappa shape index (κ2) is 5.68. The molecule has 1 fully saturated rings. The molecule has 0 spiro atoms. The molecule has 0 bridgehead atoms. The molecule has 0 aromatic carbocycles. The minimum absolute atomic E-state index is 0.113. The molecule has 3 heteroatoms. The van der Waals surface area contributed by atoms with E-state index in [0.717, 1.165) is 26.2 Å². The molecule has 0 aliphatic carbocycles. The lowest BCUT2D eigenvalue weighted by Gasteiger charge is -2.42. The summed E-state index contributed by atoms with van der Waals surface area (Å²) in [5, 5.41) is 0. The van der Waals surface area contributed by atoms with Gasteiger partial charge in [0.15, 0.2) is 0 Å². The van der Waals surface area contributed by atoms with Gasteiger partial charge in [0.05, 0.1) is 6.10 Å². The third-order valence-electron chi connectivity index (χ3n) is 4.30. The van der Waals surface area contributed by atoms with Gasteiger partial charge in [0.2, 0.25) is 0 Å². The zero-order valence-electron chi connectivity index (χ0n) is 12.3. The third-order valence-corrected chi connectivity index (χ3v) is 4.30. The number of rotatable bonds is 6. The molecule has 17 heavy (non-hydrogen) atoms. The van der Waals surface area contributed by atoms with Crippen molar-refractivity contribution in [3.8, 4) is 0 Å². The topological polar surface area (TPSA) is 38.5 Å². The third kappa shape index (κ3) is 4.23. The van der Waals surface area contributed by atoms with Crippen molar-refractivity contribution in [3.63, 3.8) is 0 Å². The van der Waals surface area contributed by atoms with Gasteiger partial charge >= 0.3 is 0 Å². The maximum Gasteiger partial charge on any atom is 0.0702 e. The zero-order chi connectivity index (χ0) is 13.1. The summed E-state index contributed by atoms with van der Waals surface area (Å²) in [6.45, 7) is 15.1. The number of nitrogens with zero attached hydrogens (tertiary/aromatic N) is 1. The minimum Gasteiger partial charge on any atom is -0.377 e. The van der Waals surface area contributed by atoms with Crippen LogP contribution in [0.4, 0.5) is 0 Å². The van der Waals surface area contributed by atoms with Gasteiger partial charge in [0.25, 0.3) is 0 Å². The Morgan fingerprint density at radius 3 is 2.35 bits per heavy atom. The van der Waals surface area contributed by atoms with Gasteiger partial charge in [-0.2, -0.15) is 0 Å². The fourth-order valence-corrected chi connectivity index (χ4v) is 2.14. The molecule has 0 saturated carbocycles. The monoisotopic (exact) mass is 242 g/mol. The first-order valence-corrected chi connectivity index (χ1v) is 6.89. The van der Waals surface area contributed by atoms with Crippen molar-refractivity contribution in [2.45, 2.75) is 59.1 Å². The normalized spacial score (nSPS) is 22.4. The first kappa shape index (κ1) is 14.9. The number of ether oxygens (including phenoxy) is 1. The minimum atomic E-state index is -0.156. The van der Waals surface area contributed by atoms with Crippen molar-refractivity contribution >= 4 is 0 Å². The van der Waals surface area contributed by atoms with Gasteiger partial charge in [0, 0.05) is 25.2 Å². The van der Waals surface area contributed by atoms with E-state index in [4.69, 9.17) is 10.5 Å². The highest BCUT2D eigenvalue weighted by Gasteiger charge is 2.35. The van der Waals surface area contributed by atoms with Crippen LogP contribution >= 0.6 is 0 Å². The molecular formula is C14H30N2O. The number of nitrogens with two attached hydrogens (primary N) is 1. The van der Waals surface area contributed by atoms with Crippen molar-refractivity contribution in [1.82, 2.24) is 4.90 Å². The Labute approximate surface area is 107 Å². The van der Waals surface area contributed by atoms with Crippen LogP contribution in [-0.4, -0.2) is 42.8 Å². The van der Waals surface area contributed by atoms with Crippen LogP contribution in [0.25, 0.3) is 0 Å². The van der Waals surface area contributed by atoms with Crippen LogP contribution in [0.2, 0.25) is 0 Å². The Balaban J connectivity index is 2.50. The van der Waals surface area contributed by atoms with Gasteiger partial charge in [0.1, 0.15) is 0 Å². The molecule has 0 aromatic rings. The van der Waals surface area contributed by atoms with Gasteiger partial charge in [-0.1, -0.05) is 20.8 Å². The van der Waals surface area contributed by atoms with Crippen molar-refractivity contribution in [1.29, 1.82) is 0 Å². The van der Waals surface area contributed by atoms with Crippen molar-refractivity contribution in [3.05, 3.63) is 0 Å². The average Bonchev–Trinajstić information content (AvgIpc) is 2.67. The smallest absolute Gasteiger partial charge is 0.0702 e. The van der Waals surface area contributed by atoms with Gasteiger partial charge < -0.3 is 15.4 Å². The van der Waals surface area contributed by atoms with Crippen LogP contribution in [0, 0.1) is 5.41 Å². The second-order valence-corrected chi connectivity index (χ2v) is 6.57. The van der Waals surface area contributed by atoms with Gasteiger partial charge in [-0.3, -0.25) is 0 Å². The fraction of sp³-hybridized carbons (Fsp3) is 1.00. The molecular weight excluding hydrogens is 212 g/mol. The summed E-state index contributed by atoms with van der Waals surface area (Å²) in [6, 6.07) is 0. The van der Waals surface area contributed by atoms with E-state index in [1.165, 1.54) is 12.8 Å². The van der Waals surface area contributed by atoms with E-state index >= 15 is 0 Å². The van der Waals surface area contributed by atoms with E-state index in [-0.39, 0.29) is 11.0 Å². The molecule has 1 unspecified atom stereocenters. The van der Waals surface area contributed by atoms with Gasteiger partial charge in [-0.15, -0.1) is 0 Å². The molecule has 1 heterocycles. The van der Waals surface area contributed by atoms with E-state index in [0.29, 0.717) is 6.10 Å². The van der Waals surface area contributed by atoms with E-state index in [9.17, 15) is 0 Å². The molecule has 0 amide bonds. The van der Waals surface area contributed by atoms with E-state index in [2.05, 4.69) is 39.5 Å². The lowest BCUT2D eigenvalue weighted by molar-refractivity contribution is 0.0479. The Kier molecular flexibility index (Phi) is 4.99. The van der Waals surface area contributed by atoms with E-state index in [1.807, 2.05) is 0 Å². The molecule has 2 N–H and O–H groups in total. The van der Waals surface area contributed by atoms with Crippen LogP contribution < -0.4 is 5.73 Å². The maximum atomic E-state index is 6.27. The maximum absolute atomic E-state index is 6.27. The molecule has 1 rings (SSSR count). The summed E-state index contributed by atoms with van der Waals surface area (Å²) in [6.07, 6.45) is 2.86. The molecule has 1 aliphatic heterocycles. The highest BCUT2D eigenvalue weighted by atomic mass is 16.5. The Morgan fingerprint density at radius 2 is 1.94 bits per heavy atom. The highest BCUT2D eigenvalue weighted by molar-refractivity contribution is 4.92. The Hall–Kier alpha value is -0.120. The predicted molar refractivity (Wildman–Crippen MR) is 73.1 cm³/mol. The molecule has 102 valence electrons. The molecule has 1 saturated heterocycles. The van der Waals surface area contributed by atoms with Crippen LogP contribution in [0.1, 0.15) is 47.5 Å². The first-order valence-electron chi connectivity index (χ1n) is 6.89. The highest BCUT2D eigenvalue weighted by Crippen LogP contribution is 2.29. The fourth-order valence-electron chi connectivity index (χ4n) is 2.14. The van der Waals surface area contributed by atoms with Crippen LogP contribution in [-0.2, 0) is 4.74 Å². The van der Waals surface area contributed by atoms with Crippen LogP contribution in [0.15, 0.2) is 0 Å². The van der Waals surface area contributed by atoms with Crippen LogP contribution in [0.3, 0.4) is 0 Å². The summed E-state index contributed by atoms with van der Waals surface area (Å²) in [7, 11) is 0. The van der Waals surface area contributed by atoms with Crippen molar-refractivity contribution < 1.29 is 4.74 Å².